The molecule has 2 aromatic carbocycles. The molecule has 0 bridgehead atoms. The Bertz CT molecular complexity index is 1120. The van der Waals surface area contributed by atoms with Crippen molar-refractivity contribution in [3.8, 4) is 5.75 Å². The van der Waals surface area contributed by atoms with Gasteiger partial charge in [-0.05, 0) is 56.3 Å². The zero-order chi connectivity index (χ0) is 19.5. The maximum atomic E-state index is 12.5. The number of ether oxygens (including phenoxy) is 1. The molecule has 142 valence electrons. The topological polar surface area (TPSA) is 76.1 Å². The Balaban J connectivity index is 1.43. The third-order valence-corrected chi connectivity index (χ3v) is 5.62. The first-order valence-electron chi connectivity index (χ1n) is 8.74. The lowest BCUT2D eigenvalue weighted by molar-refractivity contribution is 0.102. The summed E-state index contributed by atoms with van der Waals surface area (Å²) in [7, 11) is 0. The highest BCUT2D eigenvalue weighted by atomic mass is 32.1. The van der Waals surface area contributed by atoms with Gasteiger partial charge in [-0.3, -0.25) is 4.79 Å². The molecule has 0 unspecified atom stereocenters. The molecule has 28 heavy (non-hydrogen) atoms. The average molecular weight is 411 g/mol. The molecule has 2 heterocycles. The minimum absolute atomic E-state index is 0.248. The van der Waals surface area contributed by atoms with Crippen molar-refractivity contribution in [3.05, 3.63) is 58.5 Å². The van der Waals surface area contributed by atoms with E-state index in [1.54, 1.807) is 16.7 Å². The fourth-order valence-corrected chi connectivity index (χ4v) is 4.19. The van der Waals surface area contributed by atoms with E-state index in [1.807, 2.05) is 56.3 Å². The number of hydrogen-bond donors (Lipinski definition) is 2. The number of nitrogens with one attached hydrogen (secondary N) is 2. The number of carbonyl (C=O) groups excluding carboxylic acids is 1. The molecule has 0 aliphatic rings. The number of anilines is 3. The van der Waals surface area contributed by atoms with E-state index >= 15 is 0 Å². The summed E-state index contributed by atoms with van der Waals surface area (Å²) in [5.41, 5.74) is 2.84. The van der Waals surface area contributed by atoms with E-state index in [-0.39, 0.29) is 5.91 Å². The van der Waals surface area contributed by atoms with Crippen LogP contribution in [0.15, 0.2) is 47.8 Å². The van der Waals surface area contributed by atoms with Gasteiger partial charge in [0.15, 0.2) is 5.13 Å². The number of amides is 1. The number of fused-ring (bicyclic) bond motifs is 1. The third kappa shape index (κ3) is 4.13. The van der Waals surface area contributed by atoms with Gasteiger partial charge in [0.1, 0.15) is 11.4 Å². The van der Waals surface area contributed by atoms with Crippen molar-refractivity contribution in [2.75, 3.05) is 17.2 Å². The molecule has 0 radical (unpaired) electrons. The largest absolute Gasteiger partial charge is 0.494 e. The van der Waals surface area contributed by atoms with Gasteiger partial charge in [-0.1, -0.05) is 0 Å². The van der Waals surface area contributed by atoms with Crippen molar-refractivity contribution in [2.24, 2.45) is 0 Å². The van der Waals surface area contributed by atoms with Gasteiger partial charge in [-0.25, -0.2) is 9.97 Å². The quantitative estimate of drug-likeness (QED) is 0.442. The van der Waals surface area contributed by atoms with Crippen LogP contribution < -0.4 is 15.4 Å². The minimum Gasteiger partial charge on any atom is -0.494 e. The van der Waals surface area contributed by atoms with E-state index in [9.17, 15) is 4.79 Å². The van der Waals surface area contributed by atoms with Crippen molar-refractivity contribution in [2.45, 2.75) is 13.8 Å². The molecular formula is C20H18N4O2S2. The molecule has 0 spiro atoms. The van der Waals surface area contributed by atoms with Gasteiger partial charge in [-0.2, -0.15) is 0 Å². The van der Waals surface area contributed by atoms with Gasteiger partial charge in [0.05, 0.1) is 21.8 Å². The van der Waals surface area contributed by atoms with Crippen LogP contribution in [0, 0.1) is 6.92 Å². The predicted octanol–water partition coefficient (Wildman–Crippen LogP) is 5.46. The average Bonchev–Trinajstić information content (AvgIpc) is 3.29. The van der Waals surface area contributed by atoms with Gasteiger partial charge in [-0.15, -0.1) is 22.7 Å². The second-order valence-electron chi connectivity index (χ2n) is 5.99. The zero-order valence-electron chi connectivity index (χ0n) is 15.4. The summed E-state index contributed by atoms with van der Waals surface area (Å²) in [5, 5.41) is 9.48. The van der Waals surface area contributed by atoms with Crippen molar-refractivity contribution in [1.82, 2.24) is 9.97 Å². The van der Waals surface area contributed by atoms with E-state index < -0.39 is 0 Å². The molecule has 0 atom stereocenters. The molecule has 2 N–H and O–H groups in total. The Kier molecular flexibility index (Phi) is 5.23. The molecule has 4 aromatic rings. The summed E-state index contributed by atoms with van der Waals surface area (Å²) in [6.45, 7) is 4.55. The van der Waals surface area contributed by atoms with E-state index in [1.165, 1.54) is 11.3 Å². The monoisotopic (exact) mass is 410 g/mol. The highest BCUT2D eigenvalue weighted by molar-refractivity contribution is 7.18. The maximum absolute atomic E-state index is 12.5. The van der Waals surface area contributed by atoms with Crippen LogP contribution in [0.3, 0.4) is 0 Å². The summed E-state index contributed by atoms with van der Waals surface area (Å²) in [6.07, 6.45) is 0. The molecule has 4 rings (SSSR count). The van der Waals surface area contributed by atoms with E-state index in [4.69, 9.17) is 4.74 Å². The van der Waals surface area contributed by atoms with Gasteiger partial charge in [0.2, 0.25) is 0 Å². The number of thiazole rings is 2. The van der Waals surface area contributed by atoms with E-state index in [0.717, 1.165) is 26.7 Å². The summed E-state index contributed by atoms with van der Waals surface area (Å²) < 4.78 is 6.54. The van der Waals surface area contributed by atoms with Crippen LogP contribution >= 0.6 is 22.7 Å². The lowest BCUT2D eigenvalue weighted by Crippen LogP contribution is -2.12. The van der Waals surface area contributed by atoms with E-state index in [2.05, 4.69) is 20.6 Å². The molecule has 8 heteroatoms. The smallest absolute Gasteiger partial charge is 0.275 e. The molecule has 0 aliphatic heterocycles. The first-order valence-corrected chi connectivity index (χ1v) is 10.4. The first-order chi connectivity index (χ1) is 13.6. The summed E-state index contributed by atoms with van der Waals surface area (Å²) in [4.78, 5) is 21.3. The van der Waals surface area contributed by atoms with Gasteiger partial charge >= 0.3 is 0 Å². The van der Waals surface area contributed by atoms with Crippen LogP contribution in [-0.2, 0) is 0 Å². The fraction of sp³-hybridized carbons (Fsp3) is 0.150. The number of benzene rings is 2. The van der Waals surface area contributed by atoms with Crippen LogP contribution in [0.25, 0.3) is 10.2 Å². The Hall–Kier alpha value is -2.97. The Morgan fingerprint density at radius 2 is 1.89 bits per heavy atom. The normalized spacial score (nSPS) is 10.8. The van der Waals surface area contributed by atoms with Crippen molar-refractivity contribution >= 4 is 55.3 Å². The van der Waals surface area contributed by atoms with Crippen LogP contribution in [0.5, 0.6) is 5.75 Å². The molecule has 1 amide bonds. The predicted molar refractivity (Wildman–Crippen MR) is 115 cm³/mol. The molecule has 2 aromatic heterocycles. The number of carbonyl (C=O) groups is 1. The molecule has 0 saturated heterocycles. The van der Waals surface area contributed by atoms with Gasteiger partial charge in [0.25, 0.3) is 5.91 Å². The standard InChI is InChI=1S/C20H18N4O2S2/c1-3-26-15-7-4-13(5-8-15)23-20-24-17(11-27-20)19(25)22-14-6-9-18-16(10-14)21-12(2)28-18/h4-11H,3H2,1-2H3,(H,22,25)(H,23,24). The third-order valence-electron chi connectivity index (χ3n) is 3.91. The van der Waals surface area contributed by atoms with Gasteiger partial charge < -0.3 is 15.4 Å². The summed E-state index contributed by atoms with van der Waals surface area (Å²) in [6, 6.07) is 13.3. The second kappa shape index (κ2) is 7.95. The highest BCUT2D eigenvalue weighted by Crippen LogP contribution is 2.26. The van der Waals surface area contributed by atoms with Crippen LogP contribution in [0.2, 0.25) is 0 Å². The van der Waals surface area contributed by atoms with Crippen molar-refractivity contribution in [1.29, 1.82) is 0 Å². The van der Waals surface area contributed by atoms with Crippen LogP contribution in [0.4, 0.5) is 16.5 Å². The lowest BCUT2D eigenvalue weighted by Gasteiger charge is -2.05. The molecule has 0 fully saturated rings. The first kappa shape index (κ1) is 18.4. The van der Waals surface area contributed by atoms with Gasteiger partial charge in [0, 0.05) is 16.8 Å². The summed E-state index contributed by atoms with van der Waals surface area (Å²) >= 11 is 3.01. The Labute approximate surface area is 170 Å². The number of aromatic nitrogens is 2. The Morgan fingerprint density at radius 3 is 2.68 bits per heavy atom. The lowest BCUT2D eigenvalue weighted by atomic mass is 10.3. The minimum atomic E-state index is -0.248. The van der Waals surface area contributed by atoms with Crippen molar-refractivity contribution < 1.29 is 9.53 Å². The van der Waals surface area contributed by atoms with Crippen LogP contribution in [0.1, 0.15) is 22.4 Å². The maximum Gasteiger partial charge on any atom is 0.275 e. The number of nitrogens with zero attached hydrogens (tertiary/aromatic N) is 2. The molecule has 0 aliphatic carbocycles. The molecular weight excluding hydrogens is 392 g/mol. The fourth-order valence-electron chi connectivity index (χ4n) is 2.68. The highest BCUT2D eigenvalue weighted by Gasteiger charge is 2.12. The molecule has 0 saturated carbocycles. The number of rotatable bonds is 6. The second-order valence-corrected chi connectivity index (χ2v) is 8.08. The Morgan fingerprint density at radius 1 is 1.11 bits per heavy atom. The van der Waals surface area contributed by atoms with Crippen LogP contribution in [-0.4, -0.2) is 22.5 Å². The zero-order valence-corrected chi connectivity index (χ0v) is 17.0. The number of hydrogen-bond acceptors (Lipinski definition) is 7. The number of aryl methyl sites for hydroxylation is 1. The SMILES string of the molecule is CCOc1ccc(Nc2nc(C(=O)Nc3ccc4sc(C)nc4c3)cs2)cc1. The summed E-state index contributed by atoms with van der Waals surface area (Å²) in [5.74, 6) is 0.571. The van der Waals surface area contributed by atoms with Crippen molar-refractivity contribution in [3.63, 3.8) is 0 Å². The molecule has 6 nitrogen and oxygen atoms in total. The van der Waals surface area contributed by atoms with E-state index in [0.29, 0.717) is 23.1 Å².